The highest BCUT2D eigenvalue weighted by Crippen LogP contribution is 2.36. The summed E-state index contributed by atoms with van der Waals surface area (Å²) in [5.74, 6) is 3.69. The fraction of sp³-hybridized carbons (Fsp3) is 0.333. The van der Waals surface area contributed by atoms with Crippen LogP contribution in [0.5, 0.6) is 17.2 Å². The molecule has 2 aromatic carbocycles. The number of benzene rings is 2. The number of para-hydroxylation sites is 1. The Balaban J connectivity index is 1.55. The third-order valence-electron chi connectivity index (χ3n) is 5.97. The van der Waals surface area contributed by atoms with Crippen LogP contribution >= 0.6 is 11.8 Å². The van der Waals surface area contributed by atoms with E-state index >= 15 is 0 Å². The number of hydrogen-bond acceptors (Lipinski definition) is 6. The number of aromatic nitrogens is 2. The summed E-state index contributed by atoms with van der Waals surface area (Å²) in [6.07, 6.45) is 6.30. The van der Waals surface area contributed by atoms with Crippen molar-refractivity contribution in [2.24, 2.45) is 5.92 Å². The quantitative estimate of drug-likeness (QED) is 0.386. The molecule has 6 nitrogen and oxygen atoms in total. The van der Waals surface area contributed by atoms with Gasteiger partial charge in [0.15, 0.2) is 16.7 Å². The second-order valence-corrected chi connectivity index (χ2v) is 9.45. The van der Waals surface area contributed by atoms with Gasteiger partial charge in [0.1, 0.15) is 5.75 Å². The Kier molecular flexibility index (Phi) is 6.63. The van der Waals surface area contributed by atoms with Gasteiger partial charge < -0.3 is 14.2 Å². The zero-order valence-corrected chi connectivity index (χ0v) is 20.3. The van der Waals surface area contributed by atoms with Gasteiger partial charge >= 0.3 is 0 Å². The number of fused-ring (bicyclic) bond motifs is 1. The summed E-state index contributed by atoms with van der Waals surface area (Å²) in [6.45, 7) is 3.91. The van der Waals surface area contributed by atoms with Crippen LogP contribution in [-0.4, -0.2) is 35.6 Å². The summed E-state index contributed by atoms with van der Waals surface area (Å²) < 4.78 is 19.0. The van der Waals surface area contributed by atoms with Gasteiger partial charge in [-0.15, -0.1) is 0 Å². The Labute approximate surface area is 203 Å². The van der Waals surface area contributed by atoms with Crippen LogP contribution < -0.4 is 19.8 Å². The predicted molar refractivity (Wildman–Crippen MR) is 136 cm³/mol. The van der Waals surface area contributed by atoms with E-state index in [1.165, 1.54) is 12.8 Å². The topological polar surface area (TPSA) is 62.6 Å². The van der Waals surface area contributed by atoms with Gasteiger partial charge in [-0.05, 0) is 61.6 Å². The van der Waals surface area contributed by atoms with Crippen molar-refractivity contribution in [1.82, 2.24) is 9.55 Å². The highest BCUT2D eigenvalue weighted by molar-refractivity contribution is 7.99. The third kappa shape index (κ3) is 4.71. The molecule has 0 atom stereocenters. The lowest BCUT2D eigenvalue weighted by Crippen LogP contribution is -2.23. The zero-order valence-electron chi connectivity index (χ0n) is 19.5. The van der Waals surface area contributed by atoms with Crippen LogP contribution in [-0.2, 0) is 6.54 Å². The molecule has 3 aromatic rings. The summed E-state index contributed by atoms with van der Waals surface area (Å²) >= 11 is 1.61. The maximum atomic E-state index is 13.5. The molecule has 34 heavy (non-hydrogen) atoms. The van der Waals surface area contributed by atoms with Crippen molar-refractivity contribution in [3.63, 3.8) is 0 Å². The van der Waals surface area contributed by atoms with Crippen LogP contribution in [0.1, 0.15) is 31.0 Å². The van der Waals surface area contributed by atoms with E-state index in [9.17, 15) is 4.79 Å². The first-order chi connectivity index (χ1) is 16.7. The lowest BCUT2D eigenvalue weighted by atomic mass is 10.0. The first-order valence-corrected chi connectivity index (χ1v) is 12.6. The molecule has 176 valence electrons. The normalized spacial score (nSPS) is 14.9. The van der Waals surface area contributed by atoms with Crippen molar-refractivity contribution in [3.05, 3.63) is 64.1 Å². The molecule has 0 spiro atoms. The highest BCUT2D eigenvalue weighted by atomic mass is 32.2. The molecule has 0 radical (unpaired) electrons. The molecule has 2 aliphatic rings. The highest BCUT2D eigenvalue weighted by Gasteiger charge is 2.24. The van der Waals surface area contributed by atoms with Gasteiger partial charge in [0, 0.05) is 17.9 Å². The average molecular weight is 477 g/mol. The molecule has 0 unspecified atom stereocenters. The molecule has 1 aliphatic heterocycles. The molecule has 7 heteroatoms. The minimum Gasteiger partial charge on any atom is -0.494 e. The smallest absolute Gasteiger partial charge is 0.262 e. The van der Waals surface area contributed by atoms with Crippen molar-refractivity contribution in [2.45, 2.75) is 31.5 Å². The molecule has 0 N–H and O–H groups in total. The zero-order chi connectivity index (χ0) is 23.5. The van der Waals surface area contributed by atoms with Gasteiger partial charge in [-0.3, -0.25) is 9.36 Å². The summed E-state index contributed by atoms with van der Waals surface area (Å²) in [6, 6.07) is 13.5. The van der Waals surface area contributed by atoms with Crippen molar-refractivity contribution in [1.29, 1.82) is 0 Å². The standard InChI is InChI=1S/C27H28N2O4S/c1-3-32-21-12-9-19(10-13-21)24-22(28-27-29(26(24)30)15-16-34-27)14-11-20-5-4-6-23(31-2)25(20)33-17-18-7-8-18/h4-6,9-14,18H,3,7-8,15-17H2,1-2H3/b14-11+. The van der Waals surface area contributed by atoms with E-state index in [0.29, 0.717) is 42.7 Å². The minimum atomic E-state index is -0.0188. The molecule has 1 aromatic heterocycles. The van der Waals surface area contributed by atoms with Crippen molar-refractivity contribution >= 4 is 23.9 Å². The Morgan fingerprint density at radius 3 is 2.68 bits per heavy atom. The van der Waals surface area contributed by atoms with E-state index in [1.807, 2.05) is 61.5 Å². The first-order valence-electron chi connectivity index (χ1n) is 11.7. The Bertz CT molecular complexity index is 1260. The third-order valence-corrected chi connectivity index (χ3v) is 6.93. The van der Waals surface area contributed by atoms with Gasteiger partial charge in [-0.1, -0.05) is 36.0 Å². The molecule has 0 saturated heterocycles. The Morgan fingerprint density at radius 1 is 1.12 bits per heavy atom. The van der Waals surface area contributed by atoms with Gasteiger partial charge in [0.2, 0.25) is 0 Å². The molecule has 2 heterocycles. The molecule has 0 bridgehead atoms. The Hall–Kier alpha value is -3.19. The number of ether oxygens (including phenoxy) is 3. The van der Waals surface area contributed by atoms with E-state index < -0.39 is 0 Å². The van der Waals surface area contributed by atoms with Crippen molar-refractivity contribution in [3.8, 4) is 28.4 Å². The lowest BCUT2D eigenvalue weighted by Gasteiger charge is -2.13. The van der Waals surface area contributed by atoms with Gasteiger partial charge in [0.05, 0.1) is 31.6 Å². The molecular weight excluding hydrogens is 448 g/mol. The van der Waals surface area contributed by atoms with Crippen LogP contribution in [0.4, 0.5) is 0 Å². The fourth-order valence-electron chi connectivity index (χ4n) is 4.00. The van der Waals surface area contributed by atoms with Gasteiger partial charge in [-0.2, -0.15) is 0 Å². The van der Waals surface area contributed by atoms with Crippen LogP contribution in [0.25, 0.3) is 23.3 Å². The monoisotopic (exact) mass is 476 g/mol. The summed E-state index contributed by atoms with van der Waals surface area (Å²) in [5.41, 5.74) is 2.94. The number of thioether (sulfide) groups is 1. The molecule has 1 saturated carbocycles. The van der Waals surface area contributed by atoms with E-state index in [1.54, 1.807) is 23.4 Å². The minimum absolute atomic E-state index is 0.0188. The van der Waals surface area contributed by atoms with Crippen LogP contribution in [0.3, 0.4) is 0 Å². The van der Waals surface area contributed by atoms with Crippen LogP contribution in [0, 0.1) is 5.92 Å². The number of nitrogens with zero attached hydrogens (tertiary/aromatic N) is 2. The SMILES string of the molecule is CCOc1ccc(-c2c(/C=C/c3cccc(OC)c3OCC3CC3)nc3n(c2=O)CCS3)cc1. The van der Waals surface area contributed by atoms with E-state index in [0.717, 1.165) is 33.5 Å². The predicted octanol–water partition coefficient (Wildman–Crippen LogP) is 5.38. The molecule has 1 aliphatic carbocycles. The second-order valence-electron chi connectivity index (χ2n) is 8.38. The summed E-state index contributed by atoms with van der Waals surface area (Å²) in [4.78, 5) is 18.3. The van der Waals surface area contributed by atoms with Gasteiger partial charge in [-0.25, -0.2) is 4.98 Å². The van der Waals surface area contributed by atoms with E-state index in [2.05, 4.69) is 0 Å². The van der Waals surface area contributed by atoms with E-state index in [-0.39, 0.29) is 5.56 Å². The fourth-order valence-corrected chi connectivity index (χ4v) is 4.95. The van der Waals surface area contributed by atoms with Gasteiger partial charge in [0.25, 0.3) is 5.56 Å². The second kappa shape index (κ2) is 9.97. The van der Waals surface area contributed by atoms with Crippen molar-refractivity contribution < 1.29 is 14.2 Å². The summed E-state index contributed by atoms with van der Waals surface area (Å²) in [7, 11) is 1.65. The molecule has 1 fully saturated rings. The largest absolute Gasteiger partial charge is 0.494 e. The molecule has 0 amide bonds. The Morgan fingerprint density at radius 2 is 1.94 bits per heavy atom. The summed E-state index contributed by atoms with van der Waals surface area (Å²) in [5, 5.41) is 0.759. The maximum Gasteiger partial charge on any atom is 0.262 e. The average Bonchev–Trinajstić information content (AvgIpc) is 3.57. The maximum absolute atomic E-state index is 13.5. The number of hydrogen-bond donors (Lipinski definition) is 0. The number of rotatable bonds is 9. The molecule has 5 rings (SSSR count). The lowest BCUT2D eigenvalue weighted by molar-refractivity contribution is 0.280. The van der Waals surface area contributed by atoms with Crippen LogP contribution in [0.2, 0.25) is 0 Å². The van der Waals surface area contributed by atoms with Crippen LogP contribution in [0.15, 0.2) is 52.4 Å². The van der Waals surface area contributed by atoms with E-state index in [4.69, 9.17) is 19.2 Å². The van der Waals surface area contributed by atoms with Crippen molar-refractivity contribution in [2.75, 3.05) is 26.1 Å². The number of methoxy groups -OCH3 is 1. The first kappa shape index (κ1) is 22.6. The molecular formula is C27H28N2O4S.